The lowest BCUT2D eigenvalue weighted by molar-refractivity contribution is -0.138. The monoisotopic (exact) mass is 347 g/mol. The molecular weight excluding hydrogens is 327 g/mol. The molecule has 1 aliphatic rings. The number of amides is 1. The minimum absolute atomic E-state index is 0.183. The zero-order valence-electron chi connectivity index (χ0n) is 13.3. The molecule has 6 nitrogen and oxygen atoms in total. The number of carbonyl (C=O) groups is 1. The normalized spacial score (nSPS) is 17.5. The Kier molecular flexibility index (Phi) is 6.00. The van der Waals surface area contributed by atoms with Crippen LogP contribution in [0.25, 0.3) is 0 Å². The number of rotatable bonds is 5. The van der Waals surface area contributed by atoms with Crippen molar-refractivity contribution >= 4 is 5.91 Å². The molecule has 1 unspecified atom stereocenters. The van der Waals surface area contributed by atoms with Crippen LogP contribution in [0.2, 0.25) is 0 Å². The molecule has 2 heterocycles. The van der Waals surface area contributed by atoms with Gasteiger partial charge in [0.1, 0.15) is 6.54 Å². The fourth-order valence-corrected chi connectivity index (χ4v) is 2.51. The molecule has 0 radical (unpaired) electrons. The second-order valence-corrected chi connectivity index (χ2v) is 5.76. The van der Waals surface area contributed by atoms with Crippen LogP contribution in [0.5, 0.6) is 0 Å². The highest BCUT2D eigenvalue weighted by Crippen LogP contribution is 2.27. The van der Waals surface area contributed by atoms with Crippen molar-refractivity contribution in [3.8, 4) is 0 Å². The van der Waals surface area contributed by atoms with Crippen molar-refractivity contribution < 1.29 is 22.7 Å². The van der Waals surface area contributed by atoms with E-state index in [9.17, 15) is 22.8 Å². The Balaban J connectivity index is 1.93. The number of halogens is 3. The Morgan fingerprint density at radius 2 is 2.00 bits per heavy atom. The largest absolute Gasteiger partial charge is 0.417 e. The van der Waals surface area contributed by atoms with Crippen LogP contribution >= 0.6 is 0 Å². The summed E-state index contributed by atoms with van der Waals surface area (Å²) >= 11 is 0. The average molecular weight is 347 g/mol. The highest BCUT2D eigenvalue weighted by Gasteiger charge is 2.31. The van der Waals surface area contributed by atoms with Gasteiger partial charge in [-0.3, -0.25) is 14.5 Å². The van der Waals surface area contributed by atoms with Crippen molar-refractivity contribution in [3.05, 3.63) is 34.2 Å². The van der Waals surface area contributed by atoms with E-state index < -0.39 is 29.8 Å². The molecule has 0 aromatic carbocycles. The van der Waals surface area contributed by atoms with Crippen LogP contribution in [0.3, 0.4) is 0 Å². The van der Waals surface area contributed by atoms with Crippen molar-refractivity contribution in [1.82, 2.24) is 14.8 Å². The standard InChI is InChI=1S/C15H20F3N3O3/c1-11(8-20-4-6-24-7-5-20)19-13(22)10-21-9-12(15(16,17)18)2-3-14(21)23/h2-3,9,11H,4-8,10H2,1H3,(H,19,22). The molecule has 1 aromatic heterocycles. The molecule has 1 fully saturated rings. The third kappa shape index (κ3) is 5.34. The number of hydrogen-bond donors (Lipinski definition) is 1. The first-order valence-electron chi connectivity index (χ1n) is 7.63. The third-order valence-corrected chi connectivity index (χ3v) is 3.67. The molecule has 1 saturated heterocycles. The van der Waals surface area contributed by atoms with E-state index in [0.29, 0.717) is 32.0 Å². The second kappa shape index (κ2) is 7.80. The van der Waals surface area contributed by atoms with Gasteiger partial charge in [0.05, 0.1) is 18.8 Å². The Morgan fingerprint density at radius 3 is 2.62 bits per heavy atom. The molecule has 1 amide bonds. The summed E-state index contributed by atoms with van der Waals surface area (Å²) < 4.78 is 44.0. The zero-order valence-corrected chi connectivity index (χ0v) is 13.3. The SMILES string of the molecule is CC(CN1CCOCC1)NC(=O)Cn1cc(C(F)(F)F)ccc1=O. The topological polar surface area (TPSA) is 63.6 Å². The predicted octanol–water partition coefficient (Wildman–Crippen LogP) is 0.704. The number of ether oxygens (including phenoxy) is 1. The van der Waals surface area contributed by atoms with Crippen LogP contribution in [0.4, 0.5) is 13.2 Å². The van der Waals surface area contributed by atoms with Crippen molar-refractivity contribution in [2.45, 2.75) is 25.7 Å². The van der Waals surface area contributed by atoms with E-state index in [0.717, 1.165) is 23.7 Å². The van der Waals surface area contributed by atoms with Crippen LogP contribution in [0.15, 0.2) is 23.1 Å². The van der Waals surface area contributed by atoms with Gasteiger partial charge >= 0.3 is 6.18 Å². The fraction of sp³-hybridized carbons (Fsp3) is 0.600. The lowest BCUT2D eigenvalue weighted by Crippen LogP contribution is -2.47. The molecule has 0 spiro atoms. The molecule has 0 aliphatic carbocycles. The summed E-state index contributed by atoms with van der Waals surface area (Å²) in [7, 11) is 0. The zero-order chi connectivity index (χ0) is 17.7. The number of hydrogen-bond acceptors (Lipinski definition) is 4. The molecule has 1 atom stereocenters. The highest BCUT2D eigenvalue weighted by molar-refractivity contribution is 5.76. The van der Waals surface area contributed by atoms with E-state index in [1.165, 1.54) is 0 Å². The molecule has 1 N–H and O–H groups in total. The molecule has 0 saturated carbocycles. The van der Waals surface area contributed by atoms with E-state index in [4.69, 9.17) is 4.74 Å². The van der Waals surface area contributed by atoms with Gasteiger partial charge in [0.15, 0.2) is 0 Å². The molecule has 2 rings (SSSR count). The van der Waals surface area contributed by atoms with Gasteiger partial charge in [-0.25, -0.2) is 0 Å². The summed E-state index contributed by atoms with van der Waals surface area (Å²) in [5.41, 5.74) is -1.62. The first-order chi connectivity index (χ1) is 11.3. The summed E-state index contributed by atoms with van der Waals surface area (Å²) in [5, 5.41) is 2.70. The molecule has 24 heavy (non-hydrogen) atoms. The van der Waals surface area contributed by atoms with Gasteiger partial charge in [0, 0.05) is 37.9 Å². The number of aromatic nitrogens is 1. The number of pyridine rings is 1. The van der Waals surface area contributed by atoms with Crippen LogP contribution in [0.1, 0.15) is 12.5 Å². The van der Waals surface area contributed by atoms with Gasteiger partial charge in [-0.1, -0.05) is 0 Å². The quantitative estimate of drug-likeness (QED) is 0.852. The maximum atomic E-state index is 12.7. The van der Waals surface area contributed by atoms with Crippen molar-refractivity contribution in [2.75, 3.05) is 32.8 Å². The predicted molar refractivity (Wildman–Crippen MR) is 80.6 cm³/mol. The second-order valence-electron chi connectivity index (χ2n) is 5.76. The lowest BCUT2D eigenvalue weighted by Gasteiger charge is -2.29. The number of nitrogens with one attached hydrogen (secondary N) is 1. The lowest BCUT2D eigenvalue weighted by atomic mass is 10.2. The van der Waals surface area contributed by atoms with Crippen LogP contribution < -0.4 is 10.9 Å². The van der Waals surface area contributed by atoms with E-state index in [1.54, 1.807) is 0 Å². The summed E-state index contributed by atoms with van der Waals surface area (Å²) in [6.45, 7) is 4.80. The smallest absolute Gasteiger partial charge is 0.379 e. The number of morpholine rings is 1. The minimum Gasteiger partial charge on any atom is -0.379 e. The van der Waals surface area contributed by atoms with Gasteiger partial charge < -0.3 is 14.6 Å². The summed E-state index contributed by atoms with van der Waals surface area (Å²) in [4.78, 5) is 25.7. The average Bonchev–Trinajstić information content (AvgIpc) is 2.49. The van der Waals surface area contributed by atoms with E-state index in [-0.39, 0.29) is 6.04 Å². The molecular formula is C15H20F3N3O3. The van der Waals surface area contributed by atoms with Gasteiger partial charge in [-0.2, -0.15) is 13.2 Å². The van der Waals surface area contributed by atoms with Crippen molar-refractivity contribution in [3.63, 3.8) is 0 Å². The summed E-state index contributed by atoms with van der Waals surface area (Å²) in [6.07, 6.45) is -3.90. The summed E-state index contributed by atoms with van der Waals surface area (Å²) in [5.74, 6) is -0.503. The van der Waals surface area contributed by atoms with Gasteiger partial charge in [0.2, 0.25) is 5.91 Å². The molecule has 1 aromatic rings. The summed E-state index contributed by atoms with van der Waals surface area (Å²) in [6, 6.07) is 1.34. The van der Waals surface area contributed by atoms with E-state index >= 15 is 0 Å². The van der Waals surface area contributed by atoms with E-state index in [1.807, 2.05) is 6.92 Å². The van der Waals surface area contributed by atoms with Crippen LogP contribution in [-0.4, -0.2) is 54.3 Å². The number of nitrogens with zero attached hydrogens (tertiary/aromatic N) is 2. The minimum atomic E-state index is -4.56. The number of alkyl halides is 3. The van der Waals surface area contributed by atoms with Gasteiger partial charge in [0.25, 0.3) is 5.56 Å². The van der Waals surface area contributed by atoms with Crippen molar-refractivity contribution in [1.29, 1.82) is 0 Å². The van der Waals surface area contributed by atoms with Gasteiger partial charge in [-0.05, 0) is 13.0 Å². The molecule has 9 heteroatoms. The molecule has 0 bridgehead atoms. The van der Waals surface area contributed by atoms with Crippen LogP contribution in [-0.2, 0) is 22.3 Å². The van der Waals surface area contributed by atoms with Crippen molar-refractivity contribution in [2.24, 2.45) is 0 Å². The Morgan fingerprint density at radius 1 is 1.33 bits per heavy atom. The van der Waals surface area contributed by atoms with E-state index in [2.05, 4.69) is 10.2 Å². The first-order valence-corrected chi connectivity index (χ1v) is 7.63. The fourth-order valence-electron chi connectivity index (χ4n) is 2.51. The van der Waals surface area contributed by atoms with Gasteiger partial charge in [-0.15, -0.1) is 0 Å². The highest BCUT2D eigenvalue weighted by atomic mass is 19.4. The Labute approximate surface area is 137 Å². The van der Waals surface area contributed by atoms with Crippen LogP contribution in [0, 0.1) is 0 Å². The Hall–Kier alpha value is -1.87. The Bertz CT molecular complexity index is 624. The maximum absolute atomic E-state index is 12.7. The molecule has 1 aliphatic heterocycles. The molecule has 134 valence electrons. The maximum Gasteiger partial charge on any atom is 0.417 e. The first kappa shape index (κ1) is 18.5. The third-order valence-electron chi connectivity index (χ3n) is 3.67. The number of carbonyl (C=O) groups excluding carboxylic acids is 1.